The van der Waals surface area contributed by atoms with Crippen LogP contribution in [0.15, 0.2) is 64.9 Å². The average Bonchev–Trinajstić information content (AvgIpc) is 2.39. The Balaban J connectivity index is 2.26. The van der Waals surface area contributed by atoms with E-state index in [0.717, 1.165) is 5.41 Å². The molecule has 0 bridgehead atoms. The molecule has 92 valence electrons. The number of rotatable bonds is 3. The van der Waals surface area contributed by atoms with Crippen molar-refractivity contribution in [3.8, 4) is 0 Å². The molecule has 0 N–H and O–H groups in total. The van der Waals surface area contributed by atoms with Crippen molar-refractivity contribution >= 4 is 15.9 Å². The molecule has 0 heterocycles. The number of sulfone groups is 1. The summed E-state index contributed by atoms with van der Waals surface area (Å²) >= 11 is 0. The molecule has 0 fully saturated rings. The first-order valence-electron chi connectivity index (χ1n) is 5.32. The Morgan fingerprint density at radius 1 is 0.889 bits per heavy atom. The SMILES string of the molecule is O=S(=O)(C=Cc1ccc(F)cc1)c1ccccc1. The van der Waals surface area contributed by atoms with Crippen LogP contribution >= 0.6 is 0 Å². The molecule has 4 heteroatoms. The van der Waals surface area contributed by atoms with Gasteiger partial charge in [0, 0.05) is 5.41 Å². The minimum atomic E-state index is -3.44. The van der Waals surface area contributed by atoms with Crippen LogP contribution in [0.3, 0.4) is 0 Å². The monoisotopic (exact) mass is 262 g/mol. The van der Waals surface area contributed by atoms with E-state index in [0.29, 0.717) is 5.56 Å². The van der Waals surface area contributed by atoms with Gasteiger partial charge in [-0.2, -0.15) is 0 Å². The lowest BCUT2D eigenvalue weighted by atomic mass is 10.2. The van der Waals surface area contributed by atoms with Crippen LogP contribution in [0.1, 0.15) is 5.56 Å². The summed E-state index contributed by atoms with van der Waals surface area (Å²) in [5, 5.41) is 1.12. The molecular weight excluding hydrogens is 251 g/mol. The summed E-state index contributed by atoms with van der Waals surface area (Å²) in [6.45, 7) is 0. The minimum absolute atomic E-state index is 0.239. The zero-order valence-corrected chi connectivity index (χ0v) is 10.3. The molecule has 0 saturated heterocycles. The Morgan fingerprint density at radius 3 is 2.11 bits per heavy atom. The Morgan fingerprint density at radius 2 is 1.50 bits per heavy atom. The fourth-order valence-corrected chi connectivity index (χ4v) is 2.46. The van der Waals surface area contributed by atoms with E-state index in [4.69, 9.17) is 0 Å². The lowest BCUT2D eigenvalue weighted by Gasteiger charge is -1.98. The number of hydrogen-bond donors (Lipinski definition) is 0. The third kappa shape index (κ3) is 3.05. The Bertz CT molecular complexity index is 644. The van der Waals surface area contributed by atoms with E-state index >= 15 is 0 Å². The van der Waals surface area contributed by atoms with Crippen molar-refractivity contribution in [3.63, 3.8) is 0 Å². The number of hydrogen-bond acceptors (Lipinski definition) is 2. The predicted molar refractivity (Wildman–Crippen MR) is 69.1 cm³/mol. The predicted octanol–water partition coefficient (Wildman–Crippen LogP) is 3.27. The van der Waals surface area contributed by atoms with Gasteiger partial charge in [-0.25, -0.2) is 12.8 Å². The highest BCUT2D eigenvalue weighted by atomic mass is 32.2. The first-order chi connectivity index (χ1) is 8.58. The fraction of sp³-hybridized carbons (Fsp3) is 0. The Labute approximate surface area is 105 Å². The largest absolute Gasteiger partial charge is 0.219 e. The van der Waals surface area contributed by atoms with Gasteiger partial charge in [0.2, 0.25) is 0 Å². The minimum Gasteiger partial charge on any atom is -0.219 e. The molecule has 0 aliphatic carbocycles. The smallest absolute Gasteiger partial charge is 0.199 e. The summed E-state index contributed by atoms with van der Waals surface area (Å²) in [4.78, 5) is 0.239. The summed E-state index contributed by atoms with van der Waals surface area (Å²) in [5.74, 6) is -0.349. The van der Waals surface area contributed by atoms with Gasteiger partial charge >= 0.3 is 0 Å². The highest BCUT2D eigenvalue weighted by Crippen LogP contribution is 2.13. The van der Waals surface area contributed by atoms with Gasteiger partial charge in [-0.1, -0.05) is 30.3 Å². The maximum atomic E-state index is 12.7. The Kier molecular flexibility index (Phi) is 3.58. The van der Waals surface area contributed by atoms with E-state index in [2.05, 4.69) is 0 Å². The van der Waals surface area contributed by atoms with Gasteiger partial charge in [-0.05, 0) is 35.9 Å². The van der Waals surface area contributed by atoms with E-state index in [-0.39, 0.29) is 10.7 Å². The van der Waals surface area contributed by atoms with Gasteiger partial charge in [0.15, 0.2) is 9.84 Å². The molecule has 0 saturated carbocycles. The van der Waals surface area contributed by atoms with Crippen LogP contribution in [0.2, 0.25) is 0 Å². The molecule has 2 rings (SSSR count). The van der Waals surface area contributed by atoms with Crippen molar-refractivity contribution in [2.45, 2.75) is 4.90 Å². The first kappa shape index (κ1) is 12.5. The van der Waals surface area contributed by atoms with Gasteiger partial charge in [-0.3, -0.25) is 0 Å². The topological polar surface area (TPSA) is 34.1 Å². The van der Waals surface area contributed by atoms with Crippen molar-refractivity contribution in [3.05, 3.63) is 71.4 Å². The van der Waals surface area contributed by atoms with Gasteiger partial charge in [-0.15, -0.1) is 0 Å². The van der Waals surface area contributed by atoms with Crippen LogP contribution in [-0.2, 0) is 9.84 Å². The van der Waals surface area contributed by atoms with Crippen molar-refractivity contribution in [1.82, 2.24) is 0 Å². The van der Waals surface area contributed by atoms with Gasteiger partial charge in [0.1, 0.15) is 5.82 Å². The fourth-order valence-electron chi connectivity index (χ4n) is 1.43. The van der Waals surface area contributed by atoms with E-state index in [9.17, 15) is 12.8 Å². The molecule has 0 amide bonds. The molecular formula is C14H11FO2S. The Hall–Kier alpha value is -1.94. The molecule has 0 aliphatic rings. The molecule has 2 aromatic rings. The summed E-state index contributed by atoms with van der Waals surface area (Å²) in [6.07, 6.45) is 1.45. The lowest BCUT2D eigenvalue weighted by Crippen LogP contribution is -1.95. The van der Waals surface area contributed by atoms with Crippen LogP contribution in [0.25, 0.3) is 6.08 Å². The third-order valence-corrected chi connectivity index (χ3v) is 3.81. The molecule has 18 heavy (non-hydrogen) atoms. The molecule has 0 radical (unpaired) electrons. The van der Waals surface area contributed by atoms with Crippen LogP contribution < -0.4 is 0 Å². The highest BCUT2D eigenvalue weighted by molar-refractivity contribution is 7.94. The zero-order chi connectivity index (χ0) is 13.0. The normalized spacial score (nSPS) is 11.8. The van der Waals surface area contributed by atoms with Crippen LogP contribution in [-0.4, -0.2) is 8.42 Å². The standard InChI is InChI=1S/C14H11FO2S/c15-13-8-6-12(7-9-13)10-11-18(16,17)14-4-2-1-3-5-14/h1-11H. The molecule has 2 nitrogen and oxygen atoms in total. The molecule has 0 atom stereocenters. The van der Waals surface area contributed by atoms with Crippen molar-refractivity contribution in [1.29, 1.82) is 0 Å². The quantitative estimate of drug-likeness (QED) is 0.850. The highest BCUT2D eigenvalue weighted by Gasteiger charge is 2.08. The summed E-state index contributed by atoms with van der Waals surface area (Å²) in [7, 11) is -3.44. The summed E-state index contributed by atoms with van der Waals surface area (Å²) in [6, 6.07) is 13.8. The average molecular weight is 262 g/mol. The summed E-state index contributed by atoms with van der Waals surface area (Å²) in [5.41, 5.74) is 0.635. The second kappa shape index (κ2) is 5.14. The van der Waals surface area contributed by atoms with Crippen molar-refractivity contribution in [2.24, 2.45) is 0 Å². The first-order valence-corrected chi connectivity index (χ1v) is 6.86. The second-order valence-corrected chi connectivity index (χ2v) is 5.55. The summed E-state index contributed by atoms with van der Waals surface area (Å²) < 4.78 is 36.5. The van der Waals surface area contributed by atoms with Gasteiger partial charge in [0.05, 0.1) is 4.90 Å². The molecule has 0 spiro atoms. The van der Waals surface area contributed by atoms with Gasteiger partial charge < -0.3 is 0 Å². The van der Waals surface area contributed by atoms with Crippen LogP contribution in [0.4, 0.5) is 4.39 Å². The number of halogens is 1. The van der Waals surface area contributed by atoms with E-state index in [1.165, 1.54) is 42.5 Å². The zero-order valence-electron chi connectivity index (χ0n) is 9.45. The lowest BCUT2D eigenvalue weighted by molar-refractivity contribution is 0.605. The van der Waals surface area contributed by atoms with E-state index < -0.39 is 9.84 Å². The maximum absolute atomic E-state index is 12.7. The molecule has 0 unspecified atom stereocenters. The third-order valence-electron chi connectivity index (χ3n) is 2.38. The van der Waals surface area contributed by atoms with E-state index in [1.54, 1.807) is 18.2 Å². The van der Waals surface area contributed by atoms with Crippen LogP contribution in [0, 0.1) is 5.82 Å². The number of benzene rings is 2. The molecule has 0 aliphatic heterocycles. The van der Waals surface area contributed by atoms with E-state index in [1.807, 2.05) is 0 Å². The van der Waals surface area contributed by atoms with Gasteiger partial charge in [0.25, 0.3) is 0 Å². The maximum Gasteiger partial charge on any atom is 0.199 e. The van der Waals surface area contributed by atoms with Crippen molar-refractivity contribution < 1.29 is 12.8 Å². The van der Waals surface area contributed by atoms with Crippen molar-refractivity contribution in [2.75, 3.05) is 0 Å². The molecule has 0 aromatic heterocycles. The van der Waals surface area contributed by atoms with Crippen LogP contribution in [0.5, 0.6) is 0 Å². The molecule has 2 aromatic carbocycles. The second-order valence-electron chi connectivity index (χ2n) is 3.71.